The van der Waals surface area contributed by atoms with Crippen LogP contribution in [0.1, 0.15) is 11.1 Å². The second-order valence-corrected chi connectivity index (χ2v) is 5.88. The number of aliphatic carboxylic acids is 1. The zero-order valence-electron chi connectivity index (χ0n) is 14.3. The van der Waals surface area contributed by atoms with Crippen molar-refractivity contribution in [3.8, 4) is 5.75 Å². The molecule has 1 aromatic heterocycles. The van der Waals surface area contributed by atoms with Gasteiger partial charge in [-0.25, -0.2) is 9.18 Å². The van der Waals surface area contributed by atoms with Crippen LogP contribution in [0.2, 0.25) is 0 Å². The number of halogens is 1. The van der Waals surface area contributed by atoms with Gasteiger partial charge in [0.25, 0.3) is 5.78 Å². The summed E-state index contributed by atoms with van der Waals surface area (Å²) in [4.78, 5) is 22.2. The van der Waals surface area contributed by atoms with Crippen molar-refractivity contribution < 1.29 is 28.9 Å². The third-order valence-electron chi connectivity index (χ3n) is 4.11. The maximum atomic E-state index is 13.1. The summed E-state index contributed by atoms with van der Waals surface area (Å²) in [6.07, 6.45) is 2.27. The fourth-order valence-corrected chi connectivity index (χ4v) is 2.79. The van der Waals surface area contributed by atoms with Crippen LogP contribution in [-0.2, 0) is 16.1 Å². The zero-order chi connectivity index (χ0) is 19.6. The molecule has 27 heavy (non-hydrogen) atoms. The first kappa shape index (κ1) is 18.2. The van der Waals surface area contributed by atoms with Crippen molar-refractivity contribution in [1.29, 1.82) is 0 Å². The molecule has 0 aliphatic rings. The molecule has 0 spiro atoms. The van der Waals surface area contributed by atoms with Gasteiger partial charge < -0.3 is 19.5 Å². The van der Waals surface area contributed by atoms with E-state index in [0.717, 1.165) is 11.1 Å². The number of fused-ring (bicyclic) bond motifs is 1. The minimum Gasteiger partial charge on any atom is -0.507 e. The fourth-order valence-electron chi connectivity index (χ4n) is 2.79. The highest BCUT2D eigenvalue weighted by Gasteiger charge is 2.16. The topological polar surface area (TPSA) is 88.8 Å². The second-order valence-electron chi connectivity index (χ2n) is 5.88. The van der Waals surface area contributed by atoms with E-state index in [9.17, 15) is 19.1 Å². The number of carbonyl (C=O) groups excluding carboxylic acids is 1. The lowest BCUT2D eigenvalue weighted by Crippen LogP contribution is -2.09. The number of ketones is 1. The monoisotopic (exact) mass is 369 g/mol. The third kappa shape index (κ3) is 3.82. The molecule has 0 saturated heterocycles. The Hall–Kier alpha value is -3.61. The zero-order valence-corrected chi connectivity index (χ0v) is 14.3. The first-order valence-electron chi connectivity index (χ1n) is 7.98. The van der Waals surface area contributed by atoms with Crippen molar-refractivity contribution in [1.82, 2.24) is 4.57 Å². The molecule has 0 unspecified atom stereocenters. The van der Waals surface area contributed by atoms with Crippen molar-refractivity contribution in [3.05, 3.63) is 71.7 Å². The summed E-state index contributed by atoms with van der Waals surface area (Å²) in [7, 11) is 1.50. The normalized spacial score (nSPS) is 11.6. The van der Waals surface area contributed by atoms with E-state index in [4.69, 9.17) is 9.84 Å². The highest BCUT2D eigenvalue weighted by molar-refractivity contribution is 6.38. The SMILES string of the molecule is COc1ccc2c(c1)c(/C(O)=C/C(=O)C(=O)O)cn2Cc1ccc(F)cc1. The summed E-state index contributed by atoms with van der Waals surface area (Å²) in [5, 5.41) is 19.6. The maximum Gasteiger partial charge on any atom is 0.376 e. The second kappa shape index (κ2) is 7.33. The number of aliphatic hydroxyl groups excluding tert-OH is 1. The Morgan fingerprint density at radius 2 is 1.85 bits per heavy atom. The van der Waals surface area contributed by atoms with E-state index >= 15 is 0 Å². The molecule has 2 aromatic carbocycles. The fraction of sp³-hybridized carbons (Fsp3) is 0.100. The highest BCUT2D eigenvalue weighted by Crippen LogP contribution is 2.30. The van der Waals surface area contributed by atoms with E-state index < -0.39 is 17.5 Å². The van der Waals surface area contributed by atoms with Gasteiger partial charge in [-0.15, -0.1) is 0 Å². The van der Waals surface area contributed by atoms with Crippen LogP contribution in [0, 0.1) is 5.82 Å². The number of nitrogens with zero attached hydrogens (tertiary/aromatic N) is 1. The molecule has 0 radical (unpaired) electrons. The van der Waals surface area contributed by atoms with E-state index in [-0.39, 0.29) is 5.82 Å². The van der Waals surface area contributed by atoms with Crippen molar-refractivity contribution in [3.63, 3.8) is 0 Å². The molecule has 0 saturated carbocycles. The van der Waals surface area contributed by atoms with Gasteiger partial charge in [-0.2, -0.15) is 0 Å². The quantitative estimate of drug-likeness (QED) is 0.395. The van der Waals surface area contributed by atoms with Crippen LogP contribution in [0.4, 0.5) is 4.39 Å². The molecule has 3 aromatic rings. The predicted octanol–water partition coefficient (Wildman–Crippen LogP) is 3.39. The number of methoxy groups -OCH3 is 1. The average Bonchev–Trinajstić information content (AvgIpc) is 3.01. The Morgan fingerprint density at radius 1 is 1.15 bits per heavy atom. The van der Waals surface area contributed by atoms with Gasteiger partial charge in [0.15, 0.2) is 0 Å². The number of hydrogen-bond acceptors (Lipinski definition) is 4. The Morgan fingerprint density at radius 3 is 2.48 bits per heavy atom. The molecule has 0 fully saturated rings. The first-order valence-corrected chi connectivity index (χ1v) is 7.98. The third-order valence-corrected chi connectivity index (χ3v) is 4.11. The average molecular weight is 369 g/mol. The Bertz CT molecular complexity index is 1050. The number of ether oxygens (including phenoxy) is 1. The molecule has 0 atom stereocenters. The number of benzene rings is 2. The summed E-state index contributed by atoms with van der Waals surface area (Å²) in [5.41, 5.74) is 1.86. The van der Waals surface area contributed by atoms with Gasteiger partial charge in [0, 0.05) is 35.3 Å². The predicted molar refractivity (Wildman–Crippen MR) is 97.2 cm³/mol. The molecule has 6 nitrogen and oxygen atoms in total. The highest BCUT2D eigenvalue weighted by atomic mass is 19.1. The van der Waals surface area contributed by atoms with Crippen LogP contribution in [0.15, 0.2) is 54.7 Å². The van der Waals surface area contributed by atoms with Crippen molar-refractivity contribution >= 4 is 28.4 Å². The maximum absolute atomic E-state index is 13.1. The molecule has 0 bridgehead atoms. The van der Waals surface area contributed by atoms with Crippen LogP contribution in [0.5, 0.6) is 5.75 Å². The summed E-state index contributed by atoms with van der Waals surface area (Å²) >= 11 is 0. The van der Waals surface area contributed by atoms with E-state index in [2.05, 4.69) is 0 Å². The lowest BCUT2D eigenvalue weighted by atomic mass is 10.1. The number of aliphatic hydroxyl groups is 1. The summed E-state index contributed by atoms with van der Waals surface area (Å²) in [5.74, 6) is -3.14. The molecule has 0 amide bonds. The van der Waals surface area contributed by atoms with Crippen LogP contribution < -0.4 is 4.74 Å². The molecular weight excluding hydrogens is 353 g/mol. The lowest BCUT2D eigenvalue weighted by Gasteiger charge is -2.06. The number of hydrogen-bond donors (Lipinski definition) is 2. The summed E-state index contributed by atoms with van der Waals surface area (Å²) in [6.45, 7) is 0.392. The first-order chi connectivity index (χ1) is 12.9. The van der Waals surface area contributed by atoms with Gasteiger partial charge in [0.1, 0.15) is 17.3 Å². The number of aromatic nitrogens is 1. The molecule has 1 heterocycles. The number of carbonyl (C=O) groups is 2. The Balaban J connectivity index is 2.11. The van der Waals surface area contributed by atoms with Gasteiger partial charge in [-0.3, -0.25) is 4.79 Å². The van der Waals surface area contributed by atoms with Gasteiger partial charge in [0.2, 0.25) is 0 Å². The van der Waals surface area contributed by atoms with E-state index in [1.54, 1.807) is 36.5 Å². The smallest absolute Gasteiger partial charge is 0.376 e. The molecule has 0 aliphatic heterocycles. The van der Waals surface area contributed by atoms with Crippen molar-refractivity contribution in [2.24, 2.45) is 0 Å². The van der Waals surface area contributed by atoms with Crippen molar-refractivity contribution in [2.75, 3.05) is 7.11 Å². The molecule has 138 valence electrons. The van der Waals surface area contributed by atoms with Crippen LogP contribution in [0.25, 0.3) is 16.7 Å². The molecule has 2 N–H and O–H groups in total. The van der Waals surface area contributed by atoms with Gasteiger partial charge in [-0.1, -0.05) is 12.1 Å². The standard InChI is InChI=1S/C20H16FNO5/c1-27-14-6-7-17-15(8-14)16(18(23)9-19(24)20(25)26)11-22(17)10-12-2-4-13(21)5-3-12/h2-9,11,23H,10H2,1H3,(H,25,26)/b18-9-. The van der Waals surface area contributed by atoms with Crippen LogP contribution in [0.3, 0.4) is 0 Å². The number of carboxylic acid groups (broad SMARTS) is 1. The summed E-state index contributed by atoms with van der Waals surface area (Å²) in [6, 6.07) is 11.2. The van der Waals surface area contributed by atoms with Gasteiger partial charge in [-0.05, 0) is 35.9 Å². The van der Waals surface area contributed by atoms with Crippen molar-refractivity contribution in [2.45, 2.75) is 6.54 Å². The minimum absolute atomic E-state index is 0.292. The largest absolute Gasteiger partial charge is 0.507 e. The number of rotatable bonds is 6. The van der Waals surface area contributed by atoms with Crippen LogP contribution >= 0.6 is 0 Å². The Kier molecular flexibility index (Phi) is 4.94. The van der Waals surface area contributed by atoms with E-state index in [0.29, 0.717) is 29.3 Å². The van der Waals surface area contributed by atoms with Gasteiger partial charge in [0.05, 0.1) is 7.11 Å². The summed E-state index contributed by atoms with van der Waals surface area (Å²) < 4.78 is 20.1. The molecule has 0 aliphatic carbocycles. The Labute approximate surface area is 153 Å². The van der Waals surface area contributed by atoms with Crippen LogP contribution in [-0.4, -0.2) is 33.6 Å². The molecular formula is C20H16FNO5. The van der Waals surface area contributed by atoms with E-state index in [1.807, 2.05) is 4.57 Å². The molecule has 7 heteroatoms. The lowest BCUT2D eigenvalue weighted by molar-refractivity contribution is -0.146. The molecule has 3 rings (SSSR count). The van der Waals surface area contributed by atoms with E-state index in [1.165, 1.54) is 19.2 Å². The number of carboxylic acids is 1. The minimum atomic E-state index is -1.66. The van der Waals surface area contributed by atoms with Gasteiger partial charge >= 0.3 is 5.97 Å².